The first-order valence-corrected chi connectivity index (χ1v) is 9.40. The van der Waals surface area contributed by atoms with E-state index in [1.807, 2.05) is 24.3 Å². The number of nitrogens with one attached hydrogen (secondary N) is 1. The van der Waals surface area contributed by atoms with Gasteiger partial charge in [0.15, 0.2) is 0 Å². The van der Waals surface area contributed by atoms with Gasteiger partial charge in [0.25, 0.3) is 0 Å². The van der Waals surface area contributed by atoms with Crippen molar-refractivity contribution in [3.63, 3.8) is 0 Å². The van der Waals surface area contributed by atoms with Crippen LogP contribution < -0.4 is 5.32 Å². The summed E-state index contributed by atoms with van der Waals surface area (Å²) in [4.78, 5) is 16.5. The summed E-state index contributed by atoms with van der Waals surface area (Å²) in [5.74, 6) is -0.211. The predicted octanol–water partition coefficient (Wildman–Crippen LogP) is 1.99. The standard InChI is InChI=1S/C16H19N3O3S/c1-23(21,22)19(13-7-8-13)11-9-15(20)18-14-6-2-4-12-5-3-10-17-16(12)14/h2-6,10,13H,7-9,11H2,1H3,(H,18,20). The van der Waals surface area contributed by atoms with E-state index in [0.717, 1.165) is 23.7 Å². The summed E-state index contributed by atoms with van der Waals surface area (Å²) in [6.07, 6.45) is 4.75. The zero-order valence-electron chi connectivity index (χ0n) is 12.9. The number of para-hydroxylation sites is 1. The number of anilines is 1. The molecule has 0 radical (unpaired) electrons. The quantitative estimate of drug-likeness (QED) is 0.877. The van der Waals surface area contributed by atoms with Crippen molar-refractivity contribution in [1.82, 2.24) is 9.29 Å². The van der Waals surface area contributed by atoms with Gasteiger partial charge in [-0.15, -0.1) is 0 Å². The van der Waals surface area contributed by atoms with Crippen molar-refractivity contribution in [2.24, 2.45) is 0 Å². The molecule has 122 valence electrons. The van der Waals surface area contributed by atoms with Crippen molar-refractivity contribution < 1.29 is 13.2 Å². The first kappa shape index (κ1) is 15.9. The SMILES string of the molecule is CS(=O)(=O)N(CCC(=O)Nc1cccc2cccnc12)C1CC1. The minimum atomic E-state index is -3.26. The number of benzene rings is 1. The number of fused-ring (bicyclic) bond motifs is 1. The lowest BCUT2D eigenvalue weighted by Gasteiger charge is -2.19. The molecule has 1 N–H and O–H groups in total. The van der Waals surface area contributed by atoms with Crippen LogP contribution in [0.3, 0.4) is 0 Å². The van der Waals surface area contributed by atoms with Crippen molar-refractivity contribution in [3.8, 4) is 0 Å². The second-order valence-corrected chi connectivity index (χ2v) is 7.72. The first-order valence-electron chi connectivity index (χ1n) is 7.55. The molecule has 1 fully saturated rings. The molecular formula is C16H19N3O3S. The van der Waals surface area contributed by atoms with E-state index < -0.39 is 10.0 Å². The van der Waals surface area contributed by atoms with Gasteiger partial charge in [-0.3, -0.25) is 9.78 Å². The summed E-state index contributed by atoms with van der Waals surface area (Å²) in [5.41, 5.74) is 1.37. The van der Waals surface area contributed by atoms with Crippen LogP contribution in [0.4, 0.5) is 5.69 Å². The summed E-state index contributed by atoms with van der Waals surface area (Å²) in [6, 6.07) is 9.41. The fraction of sp³-hybridized carbons (Fsp3) is 0.375. The van der Waals surface area contributed by atoms with Crippen LogP contribution in [0.1, 0.15) is 19.3 Å². The van der Waals surface area contributed by atoms with E-state index in [9.17, 15) is 13.2 Å². The average Bonchev–Trinajstić information content (AvgIpc) is 3.31. The van der Waals surface area contributed by atoms with Crippen LogP contribution in [0.25, 0.3) is 10.9 Å². The molecule has 7 heteroatoms. The Labute approximate surface area is 135 Å². The molecule has 1 aromatic heterocycles. The summed E-state index contributed by atoms with van der Waals surface area (Å²) < 4.78 is 24.9. The molecule has 0 atom stereocenters. The second kappa shape index (κ2) is 6.25. The van der Waals surface area contributed by atoms with Crippen molar-refractivity contribution in [2.45, 2.75) is 25.3 Å². The molecule has 0 aliphatic heterocycles. The molecular weight excluding hydrogens is 314 g/mol. The monoisotopic (exact) mass is 333 g/mol. The lowest BCUT2D eigenvalue weighted by Crippen LogP contribution is -2.34. The number of nitrogens with zero attached hydrogens (tertiary/aromatic N) is 2. The summed E-state index contributed by atoms with van der Waals surface area (Å²) in [7, 11) is -3.26. The maximum Gasteiger partial charge on any atom is 0.225 e. The third-order valence-electron chi connectivity index (χ3n) is 3.85. The maximum absolute atomic E-state index is 12.2. The largest absolute Gasteiger partial charge is 0.324 e. The maximum atomic E-state index is 12.2. The van der Waals surface area contributed by atoms with Gasteiger partial charge >= 0.3 is 0 Å². The fourth-order valence-electron chi connectivity index (χ4n) is 2.61. The van der Waals surface area contributed by atoms with E-state index in [4.69, 9.17) is 0 Å². The lowest BCUT2D eigenvalue weighted by atomic mass is 10.2. The summed E-state index contributed by atoms with van der Waals surface area (Å²) in [6.45, 7) is 0.216. The van der Waals surface area contributed by atoms with Gasteiger partial charge in [-0.2, -0.15) is 4.31 Å². The van der Waals surface area contributed by atoms with Crippen LogP contribution in [-0.2, 0) is 14.8 Å². The van der Waals surface area contributed by atoms with Gasteiger partial charge in [-0.25, -0.2) is 8.42 Å². The molecule has 1 aromatic carbocycles. The molecule has 6 nitrogen and oxygen atoms in total. The van der Waals surface area contributed by atoms with Gasteiger partial charge in [0.2, 0.25) is 15.9 Å². The molecule has 0 bridgehead atoms. The van der Waals surface area contributed by atoms with Crippen molar-refractivity contribution in [1.29, 1.82) is 0 Å². The van der Waals surface area contributed by atoms with Crippen LogP contribution in [0.15, 0.2) is 36.5 Å². The molecule has 1 saturated carbocycles. The smallest absolute Gasteiger partial charge is 0.225 e. The minimum Gasteiger partial charge on any atom is -0.324 e. The van der Waals surface area contributed by atoms with E-state index in [2.05, 4.69) is 10.3 Å². The Morgan fingerprint density at radius 1 is 1.30 bits per heavy atom. The molecule has 23 heavy (non-hydrogen) atoms. The Hall–Kier alpha value is -1.99. The lowest BCUT2D eigenvalue weighted by molar-refractivity contribution is -0.116. The van der Waals surface area contributed by atoms with Crippen LogP contribution in [0.2, 0.25) is 0 Å². The number of carbonyl (C=O) groups is 1. The highest BCUT2D eigenvalue weighted by molar-refractivity contribution is 7.88. The number of carbonyl (C=O) groups excluding carboxylic acids is 1. The number of aromatic nitrogens is 1. The third kappa shape index (κ3) is 3.86. The molecule has 1 aliphatic carbocycles. The Balaban J connectivity index is 1.67. The molecule has 0 unspecified atom stereocenters. The van der Waals surface area contributed by atoms with E-state index in [1.165, 1.54) is 10.6 Å². The summed E-state index contributed by atoms with van der Waals surface area (Å²) in [5, 5.41) is 3.77. The van der Waals surface area contributed by atoms with Crippen LogP contribution in [0.5, 0.6) is 0 Å². The highest BCUT2D eigenvalue weighted by Crippen LogP contribution is 2.29. The van der Waals surface area contributed by atoms with Gasteiger partial charge < -0.3 is 5.32 Å². The molecule has 0 spiro atoms. The fourth-order valence-corrected chi connectivity index (χ4v) is 3.79. The highest BCUT2D eigenvalue weighted by Gasteiger charge is 2.34. The van der Waals surface area contributed by atoms with Gasteiger partial charge in [-0.05, 0) is 25.0 Å². The molecule has 1 heterocycles. The van der Waals surface area contributed by atoms with Crippen LogP contribution in [0, 0.1) is 0 Å². The third-order valence-corrected chi connectivity index (χ3v) is 5.18. The Morgan fingerprint density at radius 3 is 2.74 bits per heavy atom. The predicted molar refractivity (Wildman–Crippen MR) is 89.6 cm³/mol. The van der Waals surface area contributed by atoms with Gasteiger partial charge in [0.1, 0.15) is 0 Å². The number of amides is 1. The average molecular weight is 333 g/mol. The number of pyridine rings is 1. The molecule has 0 saturated heterocycles. The topological polar surface area (TPSA) is 79.4 Å². The van der Waals surface area contributed by atoms with E-state index in [0.29, 0.717) is 5.69 Å². The Bertz CT molecular complexity index is 826. The van der Waals surface area contributed by atoms with E-state index in [1.54, 1.807) is 12.3 Å². The summed E-state index contributed by atoms with van der Waals surface area (Å²) >= 11 is 0. The van der Waals surface area contributed by atoms with Gasteiger partial charge in [0.05, 0.1) is 17.5 Å². The van der Waals surface area contributed by atoms with Crippen molar-refractivity contribution >= 4 is 32.5 Å². The van der Waals surface area contributed by atoms with Crippen LogP contribution in [-0.4, -0.2) is 42.5 Å². The number of hydrogen-bond acceptors (Lipinski definition) is 4. The normalized spacial score (nSPS) is 15.0. The van der Waals surface area contributed by atoms with Gasteiger partial charge in [0, 0.05) is 30.6 Å². The van der Waals surface area contributed by atoms with Crippen molar-refractivity contribution in [3.05, 3.63) is 36.5 Å². The number of hydrogen-bond donors (Lipinski definition) is 1. The Morgan fingerprint density at radius 2 is 2.04 bits per heavy atom. The molecule has 2 aromatic rings. The van der Waals surface area contributed by atoms with E-state index in [-0.39, 0.29) is 24.9 Å². The van der Waals surface area contributed by atoms with Gasteiger partial charge in [-0.1, -0.05) is 18.2 Å². The zero-order valence-corrected chi connectivity index (χ0v) is 13.7. The second-order valence-electron chi connectivity index (χ2n) is 5.78. The molecule has 1 amide bonds. The van der Waals surface area contributed by atoms with Crippen molar-refractivity contribution in [2.75, 3.05) is 18.1 Å². The Kier molecular flexibility index (Phi) is 4.32. The number of sulfonamides is 1. The molecule has 3 rings (SSSR count). The van der Waals surface area contributed by atoms with E-state index >= 15 is 0 Å². The van der Waals surface area contributed by atoms with Crippen LogP contribution >= 0.6 is 0 Å². The zero-order chi connectivity index (χ0) is 16.4. The first-order chi connectivity index (χ1) is 10.9. The minimum absolute atomic E-state index is 0.0667. The highest BCUT2D eigenvalue weighted by atomic mass is 32.2. The number of rotatable bonds is 6. The molecule has 1 aliphatic rings.